The molecule has 4 rings (SSSR count). The Bertz CT molecular complexity index is 1160. The van der Waals surface area contributed by atoms with E-state index in [-0.39, 0.29) is 30.0 Å². The molecule has 0 aliphatic carbocycles. The number of piperidine rings is 1. The van der Waals surface area contributed by atoms with E-state index in [4.69, 9.17) is 9.47 Å². The van der Waals surface area contributed by atoms with Gasteiger partial charge in [-0.15, -0.1) is 0 Å². The molecular formula is C25H34N4O5S. The third-order valence-corrected chi connectivity index (χ3v) is 8.16. The predicted molar refractivity (Wildman–Crippen MR) is 133 cm³/mol. The van der Waals surface area contributed by atoms with Crippen molar-refractivity contribution in [3.8, 4) is 5.88 Å². The molecule has 1 saturated heterocycles. The molecule has 0 bridgehead atoms. The fourth-order valence-corrected chi connectivity index (χ4v) is 6.16. The van der Waals surface area contributed by atoms with Crippen LogP contribution in [0.4, 0.5) is 16.3 Å². The minimum absolute atomic E-state index is 0.0413. The van der Waals surface area contributed by atoms with Crippen molar-refractivity contribution in [2.75, 3.05) is 30.3 Å². The van der Waals surface area contributed by atoms with Crippen molar-refractivity contribution in [1.29, 1.82) is 0 Å². The van der Waals surface area contributed by atoms with E-state index in [1.54, 1.807) is 17.0 Å². The highest BCUT2D eigenvalue weighted by Gasteiger charge is 2.27. The zero-order valence-electron chi connectivity index (χ0n) is 20.8. The molecule has 0 N–H and O–H groups in total. The number of sulfone groups is 1. The number of fused-ring (bicyclic) bond motifs is 1. The number of aromatic nitrogens is 2. The van der Waals surface area contributed by atoms with Crippen LogP contribution in [0, 0.1) is 5.92 Å². The first-order valence-corrected chi connectivity index (χ1v) is 13.8. The van der Waals surface area contributed by atoms with Gasteiger partial charge in [0.15, 0.2) is 9.84 Å². The van der Waals surface area contributed by atoms with Crippen LogP contribution < -0.4 is 9.64 Å². The minimum atomic E-state index is -3.30. The van der Waals surface area contributed by atoms with Crippen LogP contribution in [0.15, 0.2) is 35.5 Å². The van der Waals surface area contributed by atoms with Gasteiger partial charge >= 0.3 is 6.09 Å². The van der Waals surface area contributed by atoms with Gasteiger partial charge in [0.1, 0.15) is 18.2 Å². The number of hydrogen-bond acceptors (Lipinski definition) is 8. The van der Waals surface area contributed by atoms with Crippen molar-refractivity contribution < 1.29 is 22.7 Å². The second-order valence-electron chi connectivity index (χ2n) is 9.82. The summed E-state index contributed by atoms with van der Waals surface area (Å²) in [6.45, 7) is 9.36. The van der Waals surface area contributed by atoms with Crippen LogP contribution >= 0.6 is 0 Å². The van der Waals surface area contributed by atoms with E-state index in [1.165, 1.54) is 6.33 Å². The Balaban J connectivity index is 1.41. The number of amides is 1. The molecular weight excluding hydrogens is 468 g/mol. The molecule has 9 nitrogen and oxygen atoms in total. The number of anilines is 2. The van der Waals surface area contributed by atoms with Crippen molar-refractivity contribution in [2.45, 2.75) is 64.1 Å². The molecule has 0 spiro atoms. The van der Waals surface area contributed by atoms with Crippen LogP contribution in [0.2, 0.25) is 0 Å². The summed E-state index contributed by atoms with van der Waals surface area (Å²) in [6, 6.07) is 7.16. The monoisotopic (exact) mass is 502 g/mol. The predicted octanol–water partition coefficient (Wildman–Crippen LogP) is 3.99. The first kappa shape index (κ1) is 25.2. The summed E-state index contributed by atoms with van der Waals surface area (Å²) in [7, 11) is -3.30. The van der Waals surface area contributed by atoms with E-state index in [1.807, 2.05) is 39.8 Å². The van der Waals surface area contributed by atoms with Crippen molar-refractivity contribution in [1.82, 2.24) is 14.9 Å². The highest BCUT2D eigenvalue weighted by atomic mass is 32.2. The number of likely N-dealkylation sites (tertiary alicyclic amines) is 1. The summed E-state index contributed by atoms with van der Waals surface area (Å²) in [5.41, 5.74) is 1.95. The smallest absolute Gasteiger partial charge is 0.410 e. The van der Waals surface area contributed by atoms with E-state index in [2.05, 4.69) is 14.9 Å². The highest BCUT2D eigenvalue weighted by Crippen LogP contribution is 2.36. The van der Waals surface area contributed by atoms with E-state index in [0.29, 0.717) is 49.1 Å². The first-order chi connectivity index (χ1) is 16.6. The maximum absolute atomic E-state index is 12.7. The second-order valence-corrected chi connectivity index (χ2v) is 11.9. The normalized spacial score (nSPS) is 16.6. The SMILES string of the molecule is CC(C)CS(=O)(=O)c1ccc2c(c1)CCN2c1cc(OC2CCN(C(=O)OC(C)C)CC2)ncn1. The third kappa shape index (κ3) is 6.04. The lowest BCUT2D eigenvalue weighted by molar-refractivity contribution is 0.0507. The molecule has 1 fully saturated rings. The Kier molecular flexibility index (Phi) is 7.49. The standard InChI is InChI=1S/C25H34N4O5S/c1-17(2)15-35(31,32)21-5-6-22-19(13-21)7-12-29(22)23-14-24(27-16-26-23)34-20-8-10-28(11-9-20)25(30)33-18(3)4/h5-6,13-14,16-18,20H,7-12,15H2,1-4H3. The average Bonchev–Trinajstić information content (AvgIpc) is 3.22. The summed E-state index contributed by atoms with van der Waals surface area (Å²) in [4.78, 5) is 25.0. The Morgan fingerprint density at radius 2 is 1.83 bits per heavy atom. The molecule has 1 amide bonds. The van der Waals surface area contributed by atoms with Gasteiger partial charge in [-0.2, -0.15) is 0 Å². The number of ether oxygens (including phenoxy) is 2. The van der Waals surface area contributed by atoms with Gasteiger partial charge in [-0.25, -0.2) is 23.2 Å². The van der Waals surface area contributed by atoms with Crippen LogP contribution in [-0.4, -0.2) is 67.0 Å². The number of carbonyl (C=O) groups excluding carboxylic acids is 1. The van der Waals surface area contributed by atoms with Crippen molar-refractivity contribution in [3.05, 3.63) is 36.2 Å². The molecule has 3 heterocycles. The van der Waals surface area contributed by atoms with Crippen LogP contribution in [0.5, 0.6) is 5.88 Å². The maximum Gasteiger partial charge on any atom is 0.410 e. The Morgan fingerprint density at radius 1 is 1.09 bits per heavy atom. The molecule has 35 heavy (non-hydrogen) atoms. The Morgan fingerprint density at radius 3 is 2.51 bits per heavy atom. The molecule has 0 unspecified atom stereocenters. The lowest BCUT2D eigenvalue weighted by Gasteiger charge is -2.31. The molecule has 1 aromatic carbocycles. The summed E-state index contributed by atoms with van der Waals surface area (Å²) < 4.78 is 36.7. The summed E-state index contributed by atoms with van der Waals surface area (Å²) in [5.74, 6) is 1.41. The van der Waals surface area contributed by atoms with Gasteiger partial charge in [0, 0.05) is 44.2 Å². The number of rotatable bonds is 7. The Labute approximate surface area is 207 Å². The van der Waals surface area contributed by atoms with Gasteiger partial charge in [0.25, 0.3) is 0 Å². The number of nitrogens with zero attached hydrogens (tertiary/aromatic N) is 4. The molecule has 0 radical (unpaired) electrons. The fraction of sp³-hybridized carbons (Fsp3) is 0.560. The number of benzene rings is 1. The highest BCUT2D eigenvalue weighted by molar-refractivity contribution is 7.91. The zero-order valence-corrected chi connectivity index (χ0v) is 21.6. The maximum atomic E-state index is 12.7. The fourth-order valence-electron chi connectivity index (χ4n) is 4.49. The first-order valence-electron chi connectivity index (χ1n) is 12.2. The Hall–Kier alpha value is -2.88. The molecule has 2 aromatic rings. The van der Waals surface area contributed by atoms with Crippen LogP contribution in [0.3, 0.4) is 0 Å². The lowest BCUT2D eigenvalue weighted by Crippen LogP contribution is -2.42. The van der Waals surface area contributed by atoms with Crippen LogP contribution in [0.25, 0.3) is 0 Å². The molecule has 0 saturated carbocycles. The molecule has 190 valence electrons. The average molecular weight is 503 g/mol. The van der Waals surface area contributed by atoms with Crippen molar-refractivity contribution in [3.63, 3.8) is 0 Å². The van der Waals surface area contributed by atoms with Gasteiger partial charge in [0.2, 0.25) is 5.88 Å². The zero-order chi connectivity index (χ0) is 25.2. The molecule has 10 heteroatoms. The molecule has 1 aromatic heterocycles. The van der Waals surface area contributed by atoms with E-state index in [9.17, 15) is 13.2 Å². The van der Waals surface area contributed by atoms with Gasteiger partial charge in [-0.1, -0.05) is 13.8 Å². The van der Waals surface area contributed by atoms with Crippen LogP contribution in [-0.2, 0) is 21.0 Å². The van der Waals surface area contributed by atoms with Crippen molar-refractivity contribution >= 4 is 27.4 Å². The quantitative estimate of drug-likeness (QED) is 0.560. The summed E-state index contributed by atoms with van der Waals surface area (Å²) in [5, 5.41) is 0. The number of hydrogen-bond donors (Lipinski definition) is 0. The van der Waals surface area contributed by atoms with Gasteiger partial charge < -0.3 is 19.3 Å². The van der Waals surface area contributed by atoms with Gasteiger partial charge in [-0.3, -0.25) is 0 Å². The van der Waals surface area contributed by atoms with Gasteiger partial charge in [-0.05, 0) is 49.9 Å². The minimum Gasteiger partial charge on any atom is -0.474 e. The summed E-state index contributed by atoms with van der Waals surface area (Å²) in [6.07, 6.45) is 3.17. The third-order valence-electron chi connectivity index (χ3n) is 6.09. The van der Waals surface area contributed by atoms with E-state index in [0.717, 1.165) is 17.7 Å². The molecule has 2 aliphatic rings. The number of carbonyl (C=O) groups is 1. The molecule has 2 aliphatic heterocycles. The van der Waals surface area contributed by atoms with Crippen LogP contribution in [0.1, 0.15) is 46.1 Å². The van der Waals surface area contributed by atoms with E-state index < -0.39 is 9.84 Å². The van der Waals surface area contributed by atoms with Crippen molar-refractivity contribution in [2.24, 2.45) is 5.92 Å². The lowest BCUT2D eigenvalue weighted by atomic mass is 10.1. The van der Waals surface area contributed by atoms with Gasteiger partial charge in [0.05, 0.1) is 16.8 Å². The largest absolute Gasteiger partial charge is 0.474 e. The summed E-state index contributed by atoms with van der Waals surface area (Å²) >= 11 is 0. The topological polar surface area (TPSA) is 102 Å². The van der Waals surface area contributed by atoms with E-state index >= 15 is 0 Å². The molecule has 0 atom stereocenters. The second kappa shape index (κ2) is 10.4.